The molecule has 2 aromatic rings. The molecule has 0 amide bonds. The van der Waals surface area contributed by atoms with Gasteiger partial charge in [-0.05, 0) is 36.8 Å². The summed E-state index contributed by atoms with van der Waals surface area (Å²) in [5.74, 6) is 2.26. The molecule has 0 radical (unpaired) electrons. The average Bonchev–Trinajstić information content (AvgIpc) is 2.49. The molecule has 1 heterocycles. The van der Waals surface area contributed by atoms with Crippen molar-refractivity contribution in [3.05, 3.63) is 54.1 Å². The first kappa shape index (κ1) is 16.4. The van der Waals surface area contributed by atoms with Gasteiger partial charge in [-0.15, -0.1) is 0 Å². The predicted octanol–water partition coefficient (Wildman–Crippen LogP) is 3.03. The summed E-state index contributed by atoms with van der Waals surface area (Å²) in [6.07, 6.45) is 2.58. The monoisotopic (exact) mass is 320 g/mol. The summed E-state index contributed by atoms with van der Waals surface area (Å²) in [6.45, 7) is 0.666. The minimum absolute atomic E-state index is 0.242. The maximum absolute atomic E-state index is 11.2. The molecule has 0 bridgehead atoms. The van der Waals surface area contributed by atoms with Crippen LogP contribution in [0.25, 0.3) is 0 Å². The minimum Gasteiger partial charge on any atom is -0.508 e. The van der Waals surface area contributed by atoms with E-state index in [-0.39, 0.29) is 11.7 Å². The fraction of sp³-hybridized carbons (Fsp3) is 0.294. The van der Waals surface area contributed by atoms with E-state index in [9.17, 15) is 9.32 Å². The second kappa shape index (κ2) is 7.84. The molecule has 0 aromatic heterocycles. The molecule has 4 nitrogen and oxygen atoms in total. The molecular weight excluding hydrogens is 300 g/mol. The highest BCUT2D eigenvalue weighted by atomic mass is 32.2. The van der Waals surface area contributed by atoms with Gasteiger partial charge in [0.2, 0.25) is 0 Å². The zero-order valence-corrected chi connectivity index (χ0v) is 13.3. The number of phenols is 2. The molecule has 0 spiro atoms. The zero-order chi connectivity index (χ0) is 15.9. The number of fused-ring (bicyclic) bond motifs is 1. The van der Waals surface area contributed by atoms with Crippen LogP contribution in [0.3, 0.4) is 0 Å². The molecule has 0 saturated heterocycles. The molecule has 3 rings (SSSR count). The van der Waals surface area contributed by atoms with E-state index in [1.165, 1.54) is 0 Å². The summed E-state index contributed by atoms with van der Waals surface area (Å²) in [4.78, 5) is 0. The Morgan fingerprint density at radius 2 is 1.86 bits per heavy atom. The van der Waals surface area contributed by atoms with Crippen molar-refractivity contribution in [3.8, 4) is 17.2 Å². The van der Waals surface area contributed by atoms with Crippen molar-refractivity contribution in [2.75, 3.05) is 18.6 Å². The summed E-state index contributed by atoms with van der Waals surface area (Å²) in [6, 6.07) is 13.8. The molecule has 22 heavy (non-hydrogen) atoms. The Kier molecular flexibility index (Phi) is 5.83. The Bertz CT molecular complexity index is 628. The number of hydrogen-bond acceptors (Lipinski definition) is 4. The summed E-state index contributed by atoms with van der Waals surface area (Å²) < 4.78 is 16.7. The number of benzene rings is 2. The summed E-state index contributed by atoms with van der Waals surface area (Å²) in [7, 11) is -0.814. The Balaban J connectivity index is 0.000000211. The van der Waals surface area contributed by atoms with Crippen LogP contribution in [0, 0.1) is 0 Å². The Morgan fingerprint density at radius 3 is 2.45 bits per heavy atom. The van der Waals surface area contributed by atoms with Crippen molar-refractivity contribution in [2.24, 2.45) is 0 Å². The number of hydrogen-bond donors (Lipinski definition) is 2. The standard InChI is InChI=1S/C11H14O3S.C6H6O/c1-15(13)7-8-4-5-14-11-3-2-9(12)6-10(8)11;7-6-4-2-1-3-5-6/h2-3,6,8,12H,4-5,7H2,1H3;1-5,7H/t8-,15?;/m0./s1. The van der Waals surface area contributed by atoms with Crippen LogP contribution < -0.4 is 4.74 Å². The van der Waals surface area contributed by atoms with Crippen molar-refractivity contribution in [2.45, 2.75) is 12.3 Å². The number of phenolic OH excluding ortho intramolecular Hbond substituents is 2. The Labute approximate surface area is 132 Å². The third-order valence-electron chi connectivity index (χ3n) is 3.35. The van der Waals surface area contributed by atoms with Gasteiger partial charge < -0.3 is 14.9 Å². The van der Waals surface area contributed by atoms with Crippen molar-refractivity contribution in [1.82, 2.24) is 0 Å². The number of aromatic hydroxyl groups is 2. The van der Waals surface area contributed by atoms with Gasteiger partial charge in [0.15, 0.2) is 0 Å². The second-order valence-corrected chi connectivity index (χ2v) is 6.61. The smallest absolute Gasteiger partial charge is 0.123 e. The molecule has 1 aliphatic rings. The minimum atomic E-state index is -0.814. The molecule has 2 aromatic carbocycles. The van der Waals surface area contributed by atoms with Crippen LogP contribution >= 0.6 is 0 Å². The van der Waals surface area contributed by atoms with E-state index >= 15 is 0 Å². The van der Waals surface area contributed by atoms with E-state index in [0.29, 0.717) is 18.1 Å². The topological polar surface area (TPSA) is 66.8 Å². The Morgan fingerprint density at radius 1 is 1.14 bits per heavy atom. The highest BCUT2D eigenvalue weighted by molar-refractivity contribution is 7.84. The normalized spacial score (nSPS) is 17.4. The van der Waals surface area contributed by atoms with E-state index < -0.39 is 10.8 Å². The van der Waals surface area contributed by atoms with Gasteiger partial charge in [0.05, 0.1) is 6.61 Å². The first-order valence-corrected chi connectivity index (χ1v) is 8.78. The second-order valence-electron chi connectivity index (χ2n) is 5.13. The van der Waals surface area contributed by atoms with Crippen LogP contribution in [-0.2, 0) is 10.8 Å². The molecule has 0 aliphatic carbocycles. The van der Waals surface area contributed by atoms with E-state index in [1.807, 2.05) is 6.07 Å². The maximum atomic E-state index is 11.2. The average molecular weight is 320 g/mol. The van der Waals surface area contributed by atoms with Crippen LogP contribution in [0.15, 0.2) is 48.5 Å². The van der Waals surface area contributed by atoms with E-state index in [0.717, 1.165) is 17.7 Å². The van der Waals surface area contributed by atoms with Gasteiger partial charge in [0.25, 0.3) is 0 Å². The number of rotatable bonds is 2. The lowest BCUT2D eigenvalue weighted by Crippen LogP contribution is -2.18. The molecule has 0 fully saturated rings. The van der Waals surface area contributed by atoms with Crippen molar-refractivity contribution in [1.29, 1.82) is 0 Å². The predicted molar refractivity (Wildman–Crippen MR) is 88.0 cm³/mol. The number of ether oxygens (including phenoxy) is 1. The fourth-order valence-corrected chi connectivity index (χ4v) is 3.25. The molecule has 5 heteroatoms. The SMILES string of the molecule is CS(=O)C[C@@H]1CCOc2ccc(O)cc21.Oc1ccccc1. The van der Waals surface area contributed by atoms with Crippen molar-refractivity contribution < 1.29 is 19.2 Å². The van der Waals surface area contributed by atoms with Gasteiger partial charge in [0, 0.05) is 34.3 Å². The van der Waals surface area contributed by atoms with Crippen LogP contribution in [0.5, 0.6) is 17.2 Å². The summed E-state index contributed by atoms with van der Waals surface area (Å²) in [5.41, 5.74) is 0.983. The first-order chi connectivity index (χ1) is 10.6. The van der Waals surface area contributed by atoms with E-state index in [1.54, 1.807) is 48.7 Å². The molecule has 1 unspecified atom stereocenters. The molecule has 1 aliphatic heterocycles. The van der Waals surface area contributed by atoms with Gasteiger partial charge in [0.1, 0.15) is 17.2 Å². The van der Waals surface area contributed by atoms with E-state index in [4.69, 9.17) is 9.84 Å². The molecular formula is C17H20O4S. The highest BCUT2D eigenvalue weighted by Crippen LogP contribution is 2.36. The van der Waals surface area contributed by atoms with Gasteiger partial charge >= 0.3 is 0 Å². The lowest BCUT2D eigenvalue weighted by molar-refractivity contribution is 0.272. The van der Waals surface area contributed by atoms with Gasteiger partial charge in [-0.3, -0.25) is 4.21 Å². The van der Waals surface area contributed by atoms with Crippen LogP contribution in [0.1, 0.15) is 17.9 Å². The van der Waals surface area contributed by atoms with Gasteiger partial charge in [-0.25, -0.2) is 0 Å². The maximum Gasteiger partial charge on any atom is 0.123 e. The summed E-state index contributed by atoms with van der Waals surface area (Å²) in [5, 5.41) is 18.0. The summed E-state index contributed by atoms with van der Waals surface area (Å²) >= 11 is 0. The van der Waals surface area contributed by atoms with Crippen LogP contribution in [0.4, 0.5) is 0 Å². The largest absolute Gasteiger partial charge is 0.508 e. The van der Waals surface area contributed by atoms with E-state index in [2.05, 4.69) is 0 Å². The quantitative estimate of drug-likeness (QED) is 0.892. The van der Waals surface area contributed by atoms with Gasteiger partial charge in [-0.1, -0.05) is 18.2 Å². The first-order valence-electron chi connectivity index (χ1n) is 7.06. The fourth-order valence-electron chi connectivity index (χ4n) is 2.34. The number of para-hydroxylation sites is 1. The lowest BCUT2D eigenvalue weighted by Gasteiger charge is -2.25. The Hall–Kier alpha value is -2.01. The molecule has 2 N–H and O–H groups in total. The van der Waals surface area contributed by atoms with Gasteiger partial charge in [-0.2, -0.15) is 0 Å². The lowest BCUT2D eigenvalue weighted by atomic mass is 9.95. The highest BCUT2D eigenvalue weighted by Gasteiger charge is 2.22. The van der Waals surface area contributed by atoms with Crippen LogP contribution in [0.2, 0.25) is 0 Å². The van der Waals surface area contributed by atoms with Crippen LogP contribution in [-0.4, -0.2) is 33.0 Å². The molecule has 0 saturated carbocycles. The molecule has 118 valence electrons. The van der Waals surface area contributed by atoms with Crippen molar-refractivity contribution in [3.63, 3.8) is 0 Å². The third-order valence-corrected chi connectivity index (χ3v) is 4.22. The zero-order valence-electron chi connectivity index (χ0n) is 12.4. The van der Waals surface area contributed by atoms with Crippen molar-refractivity contribution >= 4 is 10.8 Å². The molecule has 2 atom stereocenters. The third kappa shape index (κ3) is 4.77.